The molecule has 0 spiro atoms. The molecule has 4 heteroatoms. The SMILES string of the molecule is O=C(NCCc1ccccc1)c1nc2ccccc2n1-c1ccccc1. The number of hydrogen-bond donors (Lipinski definition) is 1. The van der Waals surface area contributed by atoms with Crippen molar-refractivity contribution >= 4 is 16.9 Å². The zero-order valence-corrected chi connectivity index (χ0v) is 14.3. The fourth-order valence-corrected chi connectivity index (χ4v) is 3.06. The van der Waals surface area contributed by atoms with Crippen molar-refractivity contribution < 1.29 is 4.79 Å². The molecule has 0 saturated heterocycles. The fourth-order valence-electron chi connectivity index (χ4n) is 3.06. The van der Waals surface area contributed by atoms with Crippen molar-refractivity contribution in [2.45, 2.75) is 6.42 Å². The number of nitrogens with zero attached hydrogens (tertiary/aromatic N) is 2. The van der Waals surface area contributed by atoms with E-state index in [1.54, 1.807) is 0 Å². The largest absolute Gasteiger partial charge is 0.349 e. The van der Waals surface area contributed by atoms with E-state index >= 15 is 0 Å². The molecule has 1 amide bonds. The standard InChI is InChI=1S/C22H19N3O/c26-22(23-16-15-17-9-3-1-4-10-17)21-24-19-13-7-8-14-20(19)25(21)18-11-5-2-6-12-18/h1-14H,15-16H2,(H,23,26). The second kappa shape index (κ2) is 7.23. The van der Waals surface area contributed by atoms with Crippen LogP contribution < -0.4 is 5.32 Å². The molecule has 0 saturated carbocycles. The van der Waals surface area contributed by atoms with Gasteiger partial charge < -0.3 is 5.32 Å². The molecule has 1 N–H and O–H groups in total. The van der Waals surface area contributed by atoms with E-state index in [4.69, 9.17) is 0 Å². The molecule has 0 aliphatic rings. The number of amides is 1. The van der Waals surface area contributed by atoms with Crippen molar-refractivity contribution in [3.63, 3.8) is 0 Å². The Labute approximate surface area is 152 Å². The van der Waals surface area contributed by atoms with Crippen LogP contribution in [0.25, 0.3) is 16.7 Å². The maximum absolute atomic E-state index is 12.8. The normalized spacial score (nSPS) is 10.8. The number of aromatic nitrogens is 2. The number of para-hydroxylation sites is 3. The molecule has 0 aliphatic heterocycles. The summed E-state index contributed by atoms with van der Waals surface area (Å²) in [5.41, 5.74) is 3.86. The monoisotopic (exact) mass is 341 g/mol. The lowest BCUT2D eigenvalue weighted by Crippen LogP contribution is -2.28. The molecular weight excluding hydrogens is 322 g/mol. The van der Waals surface area contributed by atoms with E-state index in [9.17, 15) is 4.79 Å². The minimum Gasteiger partial charge on any atom is -0.349 e. The van der Waals surface area contributed by atoms with Gasteiger partial charge in [-0.05, 0) is 36.2 Å². The van der Waals surface area contributed by atoms with Gasteiger partial charge in [0.05, 0.1) is 11.0 Å². The van der Waals surface area contributed by atoms with Crippen LogP contribution in [0.5, 0.6) is 0 Å². The highest BCUT2D eigenvalue weighted by atomic mass is 16.2. The van der Waals surface area contributed by atoms with Gasteiger partial charge in [-0.3, -0.25) is 9.36 Å². The topological polar surface area (TPSA) is 46.9 Å². The van der Waals surface area contributed by atoms with Crippen LogP contribution in [-0.2, 0) is 6.42 Å². The third-order valence-electron chi connectivity index (χ3n) is 4.32. The lowest BCUT2D eigenvalue weighted by Gasteiger charge is -2.09. The maximum atomic E-state index is 12.8. The first-order valence-corrected chi connectivity index (χ1v) is 8.68. The van der Waals surface area contributed by atoms with Gasteiger partial charge in [0.2, 0.25) is 5.82 Å². The molecule has 4 rings (SSSR count). The maximum Gasteiger partial charge on any atom is 0.287 e. The Kier molecular flexibility index (Phi) is 4.48. The van der Waals surface area contributed by atoms with Gasteiger partial charge in [-0.15, -0.1) is 0 Å². The summed E-state index contributed by atoms with van der Waals surface area (Å²) >= 11 is 0. The Morgan fingerprint density at radius 3 is 2.27 bits per heavy atom. The van der Waals surface area contributed by atoms with Gasteiger partial charge in [-0.1, -0.05) is 60.7 Å². The molecule has 4 nitrogen and oxygen atoms in total. The zero-order valence-electron chi connectivity index (χ0n) is 14.3. The first-order valence-electron chi connectivity index (χ1n) is 8.68. The smallest absolute Gasteiger partial charge is 0.287 e. The number of carbonyl (C=O) groups excluding carboxylic acids is 1. The molecule has 0 unspecified atom stereocenters. The molecule has 0 fully saturated rings. The number of carbonyl (C=O) groups is 1. The predicted molar refractivity (Wildman–Crippen MR) is 104 cm³/mol. The number of fused-ring (bicyclic) bond motifs is 1. The van der Waals surface area contributed by atoms with Gasteiger partial charge in [-0.25, -0.2) is 4.98 Å². The molecule has 0 aliphatic carbocycles. The number of rotatable bonds is 5. The molecule has 128 valence electrons. The van der Waals surface area contributed by atoms with E-state index in [1.165, 1.54) is 5.56 Å². The van der Waals surface area contributed by atoms with Gasteiger partial charge in [0.15, 0.2) is 0 Å². The third kappa shape index (κ3) is 3.22. The molecule has 3 aromatic carbocycles. The number of benzene rings is 3. The van der Waals surface area contributed by atoms with Crippen LogP contribution in [-0.4, -0.2) is 22.0 Å². The van der Waals surface area contributed by atoms with Gasteiger partial charge in [0.25, 0.3) is 5.91 Å². The van der Waals surface area contributed by atoms with Gasteiger partial charge >= 0.3 is 0 Å². The van der Waals surface area contributed by atoms with Gasteiger partial charge in [0, 0.05) is 12.2 Å². The van der Waals surface area contributed by atoms with E-state index in [1.807, 2.05) is 77.4 Å². The van der Waals surface area contributed by atoms with E-state index in [2.05, 4.69) is 22.4 Å². The summed E-state index contributed by atoms with van der Waals surface area (Å²) in [5.74, 6) is 0.242. The molecule has 1 heterocycles. The highest BCUT2D eigenvalue weighted by Gasteiger charge is 2.18. The molecular formula is C22H19N3O. The van der Waals surface area contributed by atoms with Crippen LogP contribution in [0, 0.1) is 0 Å². The molecule has 0 radical (unpaired) electrons. The summed E-state index contributed by atoms with van der Waals surface area (Å²) in [5, 5.41) is 3.00. The highest BCUT2D eigenvalue weighted by Crippen LogP contribution is 2.21. The average Bonchev–Trinajstić information content (AvgIpc) is 3.09. The Morgan fingerprint density at radius 2 is 1.50 bits per heavy atom. The van der Waals surface area contributed by atoms with Crippen LogP contribution >= 0.6 is 0 Å². The fraction of sp³-hybridized carbons (Fsp3) is 0.0909. The summed E-state index contributed by atoms with van der Waals surface area (Å²) in [7, 11) is 0. The summed E-state index contributed by atoms with van der Waals surface area (Å²) in [4.78, 5) is 17.4. The molecule has 26 heavy (non-hydrogen) atoms. The van der Waals surface area contributed by atoms with Crippen molar-refractivity contribution in [2.24, 2.45) is 0 Å². The number of hydrogen-bond acceptors (Lipinski definition) is 2. The molecule has 4 aromatic rings. The van der Waals surface area contributed by atoms with Crippen molar-refractivity contribution in [1.82, 2.24) is 14.9 Å². The lowest BCUT2D eigenvalue weighted by atomic mass is 10.1. The summed E-state index contributed by atoms with van der Waals surface area (Å²) in [6.45, 7) is 0.570. The molecule has 0 bridgehead atoms. The van der Waals surface area contributed by atoms with E-state index in [0.29, 0.717) is 12.4 Å². The number of imidazole rings is 1. The Hall–Kier alpha value is -3.40. The lowest BCUT2D eigenvalue weighted by molar-refractivity contribution is 0.0942. The van der Waals surface area contributed by atoms with Crippen LogP contribution in [0.2, 0.25) is 0 Å². The van der Waals surface area contributed by atoms with Gasteiger partial charge in [0.1, 0.15) is 0 Å². The van der Waals surface area contributed by atoms with E-state index in [-0.39, 0.29) is 5.91 Å². The van der Waals surface area contributed by atoms with Crippen LogP contribution in [0.4, 0.5) is 0 Å². The van der Waals surface area contributed by atoms with Gasteiger partial charge in [-0.2, -0.15) is 0 Å². The highest BCUT2D eigenvalue weighted by molar-refractivity contribution is 5.96. The minimum absolute atomic E-state index is 0.166. The van der Waals surface area contributed by atoms with Crippen LogP contribution in [0.15, 0.2) is 84.9 Å². The van der Waals surface area contributed by atoms with Crippen LogP contribution in [0.1, 0.15) is 16.2 Å². The average molecular weight is 341 g/mol. The quantitative estimate of drug-likeness (QED) is 0.596. The van der Waals surface area contributed by atoms with Crippen molar-refractivity contribution in [3.05, 3.63) is 96.3 Å². The Balaban J connectivity index is 1.62. The minimum atomic E-state index is -0.166. The second-order valence-electron chi connectivity index (χ2n) is 6.09. The van der Waals surface area contributed by atoms with Crippen molar-refractivity contribution in [2.75, 3.05) is 6.54 Å². The summed E-state index contributed by atoms with van der Waals surface area (Å²) in [6, 6.07) is 27.8. The molecule has 1 aromatic heterocycles. The Morgan fingerprint density at radius 1 is 0.846 bits per heavy atom. The van der Waals surface area contributed by atoms with Crippen molar-refractivity contribution in [1.29, 1.82) is 0 Å². The van der Waals surface area contributed by atoms with E-state index < -0.39 is 0 Å². The summed E-state index contributed by atoms with van der Waals surface area (Å²) in [6.07, 6.45) is 0.790. The summed E-state index contributed by atoms with van der Waals surface area (Å²) < 4.78 is 1.91. The van der Waals surface area contributed by atoms with Crippen LogP contribution in [0.3, 0.4) is 0 Å². The first kappa shape index (κ1) is 16.1. The molecule has 0 atom stereocenters. The Bertz CT molecular complexity index is 1020. The van der Waals surface area contributed by atoms with E-state index in [0.717, 1.165) is 23.1 Å². The first-order chi connectivity index (χ1) is 12.8. The second-order valence-corrected chi connectivity index (χ2v) is 6.09. The van der Waals surface area contributed by atoms with Crippen molar-refractivity contribution in [3.8, 4) is 5.69 Å². The third-order valence-corrected chi connectivity index (χ3v) is 4.32. The predicted octanol–water partition coefficient (Wildman–Crippen LogP) is 4.00. The number of nitrogens with one attached hydrogen (secondary N) is 1. The zero-order chi connectivity index (χ0) is 17.8.